The number of aryl methyl sites for hydroxylation is 2. The molecule has 0 saturated heterocycles. The van der Waals surface area contributed by atoms with E-state index in [0.29, 0.717) is 10.8 Å². The molecular formula is C8H8N4O2S. The van der Waals surface area contributed by atoms with Gasteiger partial charge in [-0.3, -0.25) is 0 Å². The van der Waals surface area contributed by atoms with Crippen molar-refractivity contribution in [3.8, 4) is 0 Å². The van der Waals surface area contributed by atoms with Gasteiger partial charge in [-0.15, -0.1) is 21.6 Å². The van der Waals surface area contributed by atoms with Crippen LogP contribution >= 0.6 is 11.3 Å². The van der Waals surface area contributed by atoms with Gasteiger partial charge in [-0.05, 0) is 13.8 Å². The largest absolute Gasteiger partial charge is 0.384 e. The lowest BCUT2D eigenvalue weighted by atomic mass is 10.4. The Morgan fingerprint density at radius 3 is 2.80 bits per heavy atom. The van der Waals surface area contributed by atoms with E-state index in [-0.39, 0.29) is 5.69 Å². The second-order valence-corrected chi connectivity index (χ2v) is 3.77. The minimum atomic E-state index is -0.524. The molecule has 0 radical (unpaired) electrons. The van der Waals surface area contributed by atoms with Gasteiger partial charge in [0.2, 0.25) is 5.13 Å². The van der Waals surface area contributed by atoms with Crippen molar-refractivity contribution >= 4 is 22.2 Å². The highest BCUT2D eigenvalue weighted by Gasteiger charge is 2.06. The topological polar surface area (TPSA) is 83.6 Å². The molecule has 0 fully saturated rings. The molecule has 0 aliphatic heterocycles. The van der Waals surface area contributed by atoms with Gasteiger partial charge in [-0.2, -0.15) is 0 Å². The molecule has 0 saturated carbocycles. The lowest BCUT2D eigenvalue weighted by molar-refractivity contribution is 0.388. The van der Waals surface area contributed by atoms with E-state index in [1.54, 1.807) is 6.92 Å². The number of nitrogens with one attached hydrogen (secondary N) is 1. The van der Waals surface area contributed by atoms with Gasteiger partial charge < -0.3 is 4.52 Å². The Hall–Kier alpha value is -1.76. The van der Waals surface area contributed by atoms with Crippen molar-refractivity contribution in [3.05, 3.63) is 27.2 Å². The van der Waals surface area contributed by atoms with Crippen LogP contribution in [0.1, 0.15) is 11.4 Å². The number of H-pyrrole nitrogens is 1. The van der Waals surface area contributed by atoms with Crippen LogP contribution in [-0.2, 0) is 0 Å². The molecular weight excluding hydrogens is 216 g/mol. The van der Waals surface area contributed by atoms with E-state index in [1.807, 2.05) is 12.3 Å². The van der Waals surface area contributed by atoms with Crippen LogP contribution in [0.3, 0.4) is 0 Å². The van der Waals surface area contributed by atoms with Crippen molar-refractivity contribution < 1.29 is 4.52 Å². The van der Waals surface area contributed by atoms with Crippen molar-refractivity contribution in [1.29, 1.82) is 0 Å². The van der Waals surface area contributed by atoms with Crippen LogP contribution < -0.4 is 5.63 Å². The predicted octanol–water partition coefficient (Wildman–Crippen LogP) is 2.46. The SMILES string of the molecule is Cc1csc(N=Nc2c(C)[nH]oc2=O)n1. The summed E-state index contributed by atoms with van der Waals surface area (Å²) < 4.78 is 4.54. The average molecular weight is 224 g/mol. The highest BCUT2D eigenvalue weighted by Crippen LogP contribution is 2.21. The second-order valence-electron chi connectivity index (χ2n) is 2.94. The molecule has 78 valence electrons. The standard InChI is InChI=1S/C8H8N4O2S/c1-4-3-15-8(9-4)11-10-6-5(2)12-14-7(6)13/h3,12H,1-2H3. The van der Waals surface area contributed by atoms with Gasteiger partial charge in [-0.1, -0.05) is 0 Å². The van der Waals surface area contributed by atoms with Crippen molar-refractivity contribution in [2.75, 3.05) is 0 Å². The number of azo groups is 1. The van der Waals surface area contributed by atoms with Gasteiger partial charge >= 0.3 is 5.63 Å². The van der Waals surface area contributed by atoms with E-state index in [1.165, 1.54) is 11.3 Å². The Bertz CT molecular complexity index is 551. The molecule has 2 rings (SSSR count). The molecule has 1 N–H and O–H groups in total. The monoisotopic (exact) mass is 224 g/mol. The molecule has 2 aromatic heterocycles. The van der Waals surface area contributed by atoms with Crippen molar-refractivity contribution in [3.63, 3.8) is 0 Å². The van der Waals surface area contributed by atoms with Gasteiger partial charge in [-0.25, -0.2) is 14.9 Å². The van der Waals surface area contributed by atoms with Crippen LogP contribution in [0, 0.1) is 13.8 Å². The number of hydrogen-bond donors (Lipinski definition) is 1. The molecule has 0 aliphatic rings. The van der Waals surface area contributed by atoms with Crippen LogP contribution in [0.15, 0.2) is 24.9 Å². The first-order chi connectivity index (χ1) is 7.16. The van der Waals surface area contributed by atoms with E-state index in [2.05, 4.69) is 24.9 Å². The van der Waals surface area contributed by atoms with Gasteiger partial charge in [0, 0.05) is 5.38 Å². The van der Waals surface area contributed by atoms with Crippen LogP contribution in [0.4, 0.5) is 10.8 Å². The number of rotatable bonds is 2. The van der Waals surface area contributed by atoms with Crippen molar-refractivity contribution in [1.82, 2.24) is 10.1 Å². The summed E-state index contributed by atoms with van der Waals surface area (Å²) in [6, 6.07) is 0. The van der Waals surface area contributed by atoms with Crippen molar-refractivity contribution in [2.45, 2.75) is 13.8 Å². The Balaban J connectivity index is 2.29. The summed E-state index contributed by atoms with van der Waals surface area (Å²) in [5.41, 5.74) is 1.09. The summed E-state index contributed by atoms with van der Waals surface area (Å²) in [4.78, 5) is 15.2. The van der Waals surface area contributed by atoms with Crippen LogP contribution in [0.2, 0.25) is 0 Å². The third-order valence-corrected chi connectivity index (χ3v) is 2.53. The quantitative estimate of drug-likeness (QED) is 0.795. The Morgan fingerprint density at radius 1 is 1.47 bits per heavy atom. The maximum Gasteiger partial charge on any atom is 0.384 e. The van der Waals surface area contributed by atoms with E-state index >= 15 is 0 Å². The first-order valence-electron chi connectivity index (χ1n) is 4.19. The normalized spacial score (nSPS) is 11.3. The minimum Gasteiger partial charge on any atom is -0.336 e. The number of thiazole rings is 1. The second kappa shape index (κ2) is 3.77. The number of aromatic amines is 1. The minimum absolute atomic E-state index is 0.183. The summed E-state index contributed by atoms with van der Waals surface area (Å²) in [6.45, 7) is 3.55. The molecule has 6 nitrogen and oxygen atoms in total. The summed E-state index contributed by atoms with van der Waals surface area (Å²) in [7, 11) is 0. The van der Waals surface area contributed by atoms with Crippen molar-refractivity contribution in [2.24, 2.45) is 10.2 Å². The predicted molar refractivity (Wildman–Crippen MR) is 55.1 cm³/mol. The number of nitrogens with zero attached hydrogens (tertiary/aromatic N) is 3. The zero-order valence-corrected chi connectivity index (χ0v) is 8.96. The maximum atomic E-state index is 11.1. The van der Waals surface area contributed by atoms with E-state index < -0.39 is 5.63 Å². The van der Waals surface area contributed by atoms with Gasteiger partial charge in [0.25, 0.3) is 0 Å². The first-order valence-corrected chi connectivity index (χ1v) is 5.06. The average Bonchev–Trinajstić information content (AvgIpc) is 2.73. The van der Waals surface area contributed by atoms with Crippen LogP contribution in [0.5, 0.6) is 0 Å². The third-order valence-electron chi connectivity index (χ3n) is 1.69. The van der Waals surface area contributed by atoms with Crippen LogP contribution in [0.25, 0.3) is 0 Å². The Morgan fingerprint density at radius 2 is 2.27 bits per heavy atom. The lowest BCUT2D eigenvalue weighted by Gasteiger charge is -1.83. The number of hydrogen-bond acceptors (Lipinski definition) is 6. The fourth-order valence-corrected chi connectivity index (χ4v) is 1.58. The summed E-state index contributed by atoms with van der Waals surface area (Å²) in [5, 5.41) is 12.4. The maximum absolute atomic E-state index is 11.1. The molecule has 2 aromatic rings. The van der Waals surface area contributed by atoms with E-state index in [4.69, 9.17) is 0 Å². The zero-order chi connectivity index (χ0) is 10.8. The Kier molecular flexibility index (Phi) is 2.46. The molecule has 0 atom stereocenters. The molecule has 7 heteroatoms. The summed E-state index contributed by atoms with van der Waals surface area (Å²) >= 11 is 1.37. The summed E-state index contributed by atoms with van der Waals surface area (Å²) in [5.74, 6) is 0. The molecule has 0 unspecified atom stereocenters. The fraction of sp³-hybridized carbons (Fsp3) is 0.250. The molecule has 15 heavy (non-hydrogen) atoms. The molecule has 0 aliphatic carbocycles. The highest BCUT2D eigenvalue weighted by atomic mass is 32.1. The van der Waals surface area contributed by atoms with Crippen LogP contribution in [-0.4, -0.2) is 10.1 Å². The molecule has 0 spiro atoms. The Labute approximate surface area is 88.7 Å². The molecule has 0 bridgehead atoms. The lowest BCUT2D eigenvalue weighted by Crippen LogP contribution is -1.89. The molecule has 0 aromatic carbocycles. The summed E-state index contributed by atoms with van der Waals surface area (Å²) in [6.07, 6.45) is 0. The third kappa shape index (κ3) is 2.01. The van der Waals surface area contributed by atoms with Gasteiger partial charge in [0.05, 0.1) is 11.4 Å². The smallest absolute Gasteiger partial charge is 0.336 e. The van der Waals surface area contributed by atoms with Gasteiger partial charge in [0.1, 0.15) is 0 Å². The number of aromatic nitrogens is 2. The molecule has 2 heterocycles. The molecule has 0 amide bonds. The fourth-order valence-electron chi connectivity index (χ4n) is 0.969. The highest BCUT2D eigenvalue weighted by molar-refractivity contribution is 7.13. The zero-order valence-electron chi connectivity index (χ0n) is 8.14. The van der Waals surface area contributed by atoms with E-state index in [0.717, 1.165) is 5.69 Å². The van der Waals surface area contributed by atoms with Gasteiger partial charge in [0.15, 0.2) is 5.69 Å². The van der Waals surface area contributed by atoms with E-state index in [9.17, 15) is 4.79 Å². The first kappa shape index (κ1) is 9.78.